The highest BCUT2D eigenvalue weighted by atomic mass is 16.2. The van der Waals surface area contributed by atoms with Crippen LogP contribution in [0, 0.1) is 6.92 Å². The molecule has 0 N–H and O–H groups in total. The number of para-hydroxylation sites is 2. The van der Waals surface area contributed by atoms with Crippen LogP contribution in [0.15, 0.2) is 77.6 Å². The molecule has 0 aliphatic carbocycles. The number of hydrogen-bond acceptors (Lipinski definition) is 3. The minimum Gasteiger partial charge on any atom is -0.329 e. The third-order valence-electron chi connectivity index (χ3n) is 6.23. The lowest BCUT2D eigenvalue weighted by molar-refractivity contribution is 0.0692. The smallest absolute Gasteiger partial charge is 0.266 e. The second-order valence-electron chi connectivity index (χ2n) is 8.19. The summed E-state index contributed by atoms with van der Waals surface area (Å²) in [6.07, 6.45) is 0.781. The van der Waals surface area contributed by atoms with Gasteiger partial charge >= 0.3 is 0 Å². The molecule has 0 radical (unpaired) electrons. The van der Waals surface area contributed by atoms with Gasteiger partial charge in [0.05, 0.1) is 22.6 Å². The fourth-order valence-corrected chi connectivity index (χ4v) is 4.39. The molecule has 0 aliphatic rings. The van der Waals surface area contributed by atoms with Crippen LogP contribution in [0.3, 0.4) is 0 Å². The maximum absolute atomic E-state index is 13.7. The normalized spacial score (nSPS) is 12.0. The molecular formula is C28H29N3O2. The number of aromatic nitrogens is 2. The van der Waals surface area contributed by atoms with E-state index in [4.69, 9.17) is 4.98 Å². The molecule has 0 fully saturated rings. The van der Waals surface area contributed by atoms with Crippen LogP contribution in [0.25, 0.3) is 16.6 Å². The average molecular weight is 440 g/mol. The van der Waals surface area contributed by atoms with E-state index in [9.17, 15) is 9.59 Å². The van der Waals surface area contributed by atoms with E-state index in [-0.39, 0.29) is 11.5 Å². The minimum atomic E-state index is -0.413. The Kier molecular flexibility index (Phi) is 6.40. The van der Waals surface area contributed by atoms with Crippen molar-refractivity contribution < 1.29 is 4.79 Å². The zero-order chi connectivity index (χ0) is 23.5. The Balaban J connectivity index is 1.95. The van der Waals surface area contributed by atoms with Crippen LogP contribution in [-0.4, -0.2) is 26.9 Å². The van der Waals surface area contributed by atoms with E-state index in [2.05, 4.69) is 6.92 Å². The van der Waals surface area contributed by atoms with Gasteiger partial charge in [0.2, 0.25) is 0 Å². The summed E-state index contributed by atoms with van der Waals surface area (Å²) in [6, 6.07) is 22.4. The minimum absolute atomic E-state index is 0.0687. The first kappa shape index (κ1) is 22.5. The third kappa shape index (κ3) is 4.07. The van der Waals surface area contributed by atoms with E-state index in [1.54, 1.807) is 15.5 Å². The Labute approximate surface area is 194 Å². The van der Waals surface area contributed by atoms with E-state index in [0.717, 1.165) is 23.2 Å². The summed E-state index contributed by atoms with van der Waals surface area (Å²) in [5, 5.41) is 0.563. The Hall–Kier alpha value is -3.73. The van der Waals surface area contributed by atoms with Gasteiger partial charge in [-0.05, 0) is 62.6 Å². The fraction of sp³-hybridized carbons (Fsp3) is 0.250. The van der Waals surface area contributed by atoms with Crippen LogP contribution >= 0.6 is 0 Å². The summed E-state index contributed by atoms with van der Waals surface area (Å²) in [5.74, 6) is 0.490. The highest BCUT2D eigenvalue weighted by Crippen LogP contribution is 2.26. The molecule has 3 aromatic carbocycles. The second kappa shape index (κ2) is 9.41. The van der Waals surface area contributed by atoms with Crippen molar-refractivity contribution in [3.05, 3.63) is 106 Å². The summed E-state index contributed by atoms with van der Waals surface area (Å²) in [7, 11) is 0. The van der Waals surface area contributed by atoms with Crippen molar-refractivity contribution in [1.29, 1.82) is 0 Å². The highest BCUT2D eigenvalue weighted by Gasteiger charge is 2.27. The van der Waals surface area contributed by atoms with Gasteiger partial charge in [0, 0.05) is 12.1 Å². The molecule has 0 spiro atoms. The lowest BCUT2D eigenvalue weighted by Crippen LogP contribution is -2.37. The Morgan fingerprint density at radius 2 is 1.64 bits per heavy atom. The van der Waals surface area contributed by atoms with E-state index < -0.39 is 6.04 Å². The molecule has 168 valence electrons. The number of nitrogens with zero attached hydrogens (tertiary/aromatic N) is 3. The third-order valence-corrected chi connectivity index (χ3v) is 6.23. The van der Waals surface area contributed by atoms with E-state index in [1.807, 2.05) is 87.5 Å². The van der Waals surface area contributed by atoms with Gasteiger partial charge in [-0.1, -0.05) is 55.5 Å². The van der Waals surface area contributed by atoms with Crippen molar-refractivity contribution in [3.63, 3.8) is 0 Å². The number of fused-ring (bicyclic) bond motifs is 1. The monoisotopic (exact) mass is 439 g/mol. The molecule has 5 heteroatoms. The number of carbonyl (C=O) groups is 1. The predicted octanol–water partition coefficient (Wildman–Crippen LogP) is 5.48. The van der Waals surface area contributed by atoms with Gasteiger partial charge in [0.1, 0.15) is 5.82 Å². The van der Waals surface area contributed by atoms with Crippen molar-refractivity contribution in [2.24, 2.45) is 0 Å². The maximum Gasteiger partial charge on any atom is 0.266 e. The molecule has 1 atom stereocenters. The standard InChI is InChI=1S/C28H29N3O2/c1-5-21-14-8-12-18-25(21)31-26(29-24-17-11-10-16-23(24)28(31)33)20(4)30(6-2)27(32)22-15-9-7-13-19(22)3/h7-18,20H,5-6H2,1-4H3. The van der Waals surface area contributed by atoms with Crippen molar-refractivity contribution >= 4 is 16.8 Å². The molecule has 1 amide bonds. The molecule has 0 saturated heterocycles. The Morgan fingerprint density at radius 3 is 2.36 bits per heavy atom. The van der Waals surface area contributed by atoms with E-state index >= 15 is 0 Å². The van der Waals surface area contributed by atoms with Crippen LogP contribution in [0.5, 0.6) is 0 Å². The van der Waals surface area contributed by atoms with Crippen molar-refractivity contribution in [2.75, 3.05) is 6.54 Å². The van der Waals surface area contributed by atoms with Gasteiger partial charge < -0.3 is 4.90 Å². The van der Waals surface area contributed by atoms with E-state index in [0.29, 0.717) is 28.8 Å². The molecule has 1 aromatic heterocycles. The first-order valence-electron chi connectivity index (χ1n) is 11.4. The summed E-state index contributed by atoms with van der Waals surface area (Å²) in [4.78, 5) is 34.0. The second-order valence-corrected chi connectivity index (χ2v) is 8.19. The molecule has 0 bridgehead atoms. The van der Waals surface area contributed by atoms with Crippen LogP contribution < -0.4 is 5.56 Å². The molecule has 4 rings (SSSR count). The molecule has 4 aromatic rings. The first-order valence-corrected chi connectivity index (χ1v) is 11.4. The van der Waals surface area contributed by atoms with Crippen LogP contribution in [0.1, 0.15) is 54.1 Å². The average Bonchev–Trinajstić information content (AvgIpc) is 2.84. The van der Waals surface area contributed by atoms with Gasteiger partial charge in [-0.15, -0.1) is 0 Å². The topological polar surface area (TPSA) is 55.2 Å². The number of carbonyl (C=O) groups excluding carboxylic acids is 1. The number of benzene rings is 3. The zero-order valence-electron chi connectivity index (χ0n) is 19.6. The van der Waals surface area contributed by atoms with Crippen molar-refractivity contribution in [1.82, 2.24) is 14.5 Å². The largest absolute Gasteiger partial charge is 0.329 e. The van der Waals surface area contributed by atoms with Gasteiger partial charge in [-0.25, -0.2) is 4.98 Å². The van der Waals surface area contributed by atoms with Gasteiger partial charge in [0.15, 0.2) is 0 Å². The van der Waals surface area contributed by atoms with Gasteiger partial charge in [-0.3, -0.25) is 14.2 Å². The molecule has 33 heavy (non-hydrogen) atoms. The predicted molar refractivity (Wildman–Crippen MR) is 133 cm³/mol. The van der Waals surface area contributed by atoms with Crippen molar-refractivity contribution in [2.45, 2.75) is 40.2 Å². The van der Waals surface area contributed by atoms with Gasteiger partial charge in [0.25, 0.3) is 11.5 Å². The molecule has 1 unspecified atom stereocenters. The van der Waals surface area contributed by atoms with Crippen molar-refractivity contribution in [3.8, 4) is 5.69 Å². The fourth-order valence-electron chi connectivity index (χ4n) is 4.39. The summed E-state index contributed by atoms with van der Waals surface area (Å²) in [6.45, 7) is 8.40. The number of hydrogen-bond donors (Lipinski definition) is 0. The Morgan fingerprint density at radius 1 is 0.970 bits per heavy atom. The summed E-state index contributed by atoms with van der Waals surface area (Å²) < 4.78 is 1.69. The number of aryl methyl sites for hydroxylation is 2. The SMILES string of the molecule is CCc1ccccc1-n1c(C(C)N(CC)C(=O)c2ccccc2C)nc2ccccc2c1=O. The molecule has 0 saturated carbocycles. The van der Waals surface area contributed by atoms with Crippen LogP contribution in [-0.2, 0) is 6.42 Å². The lowest BCUT2D eigenvalue weighted by Gasteiger charge is -2.30. The number of amides is 1. The summed E-state index contributed by atoms with van der Waals surface area (Å²) in [5.41, 5.74) is 3.96. The number of rotatable bonds is 6. The molecule has 0 aliphatic heterocycles. The summed E-state index contributed by atoms with van der Waals surface area (Å²) >= 11 is 0. The maximum atomic E-state index is 13.7. The highest BCUT2D eigenvalue weighted by molar-refractivity contribution is 5.95. The molecular weight excluding hydrogens is 410 g/mol. The van der Waals surface area contributed by atoms with E-state index in [1.165, 1.54) is 0 Å². The van der Waals surface area contributed by atoms with Crippen LogP contribution in [0.2, 0.25) is 0 Å². The zero-order valence-corrected chi connectivity index (χ0v) is 19.6. The first-order chi connectivity index (χ1) is 16.0. The lowest BCUT2D eigenvalue weighted by atomic mass is 10.1. The van der Waals surface area contributed by atoms with Gasteiger partial charge in [-0.2, -0.15) is 0 Å². The quantitative estimate of drug-likeness (QED) is 0.400. The molecule has 5 nitrogen and oxygen atoms in total. The Bertz CT molecular complexity index is 1370. The molecule has 1 heterocycles. The van der Waals surface area contributed by atoms with Crippen LogP contribution in [0.4, 0.5) is 0 Å².